The number of aromatic nitrogens is 2. The van der Waals surface area contributed by atoms with Crippen molar-refractivity contribution in [3.8, 4) is 11.3 Å². The van der Waals surface area contributed by atoms with E-state index in [-0.39, 0.29) is 5.91 Å². The van der Waals surface area contributed by atoms with Crippen molar-refractivity contribution in [2.45, 2.75) is 31.7 Å². The molecule has 1 aromatic carbocycles. The van der Waals surface area contributed by atoms with Gasteiger partial charge in [-0.15, -0.1) is 0 Å². The summed E-state index contributed by atoms with van der Waals surface area (Å²) in [7, 11) is 0. The molecule has 26 heavy (non-hydrogen) atoms. The molecular weight excluding hydrogens is 346 g/mol. The summed E-state index contributed by atoms with van der Waals surface area (Å²) >= 11 is 6.15. The van der Waals surface area contributed by atoms with Gasteiger partial charge in [-0.25, -0.2) is 4.98 Å². The second kappa shape index (κ2) is 6.13. The number of carbonyl (C=O) groups is 1. The number of nitrogens with one attached hydrogen (secondary N) is 1. The lowest BCUT2D eigenvalue weighted by molar-refractivity contribution is 0.0915. The van der Waals surface area contributed by atoms with Crippen LogP contribution in [0.3, 0.4) is 0 Å². The molecule has 0 bridgehead atoms. The maximum absolute atomic E-state index is 13.0. The van der Waals surface area contributed by atoms with Gasteiger partial charge in [0.15, 0.2) is 0 Å². The lowest BCUT2D eigenvalue weighted by atomic mass is 10.1. The number of amides is 1. The normalized spacial score (nSPS) is 17.0. The maximum Gasteiger partial charge on any atom is 0.287 e. The van der Waals surface area contributed by atoms with Crippen molar-refractivity contribution < 1.29 is 4.79 Å². The first-order valence-corrected chi connectivity index (χ1v) is 9.62. The van der Waals surface area contributed by atoms with Crippen LogP contribution in [0.1, 0.15) is 36.3 Å². The molecule has 2 heterocycles. The fourth-order valence-electron chi connectivity index (χ4n) is 3.79. The number of imidazole rings is 1. The number of hydrogen-bond donors (Lipinski definition) is 1. The highest BCUT2D eigenvalue weighted by molar-refractivity contribution is 6.30. The molecule has 2 aliphatic rings. The summed E-state index contributed by atoms with van der Waals surface area (Å²) < 4.78 is 1.88. The highest BCUT2D eigenvalue weighted by Gasteiger charge is 2.42. The quantitative estimate of drug-likeness (QED) is 0.719. The SMILES string of the molecule is O=C(NC(C1CC1)C1CC1)c1nc(-c2cccc(Cl)c2)c2ccccn12. The van der Waals surface area contributed by atoms with E-state index in [0.717, 1.165) is 16.8 Å². The Morgan fingerprint density at radius 3 is 2.58 bits per heavy atom. The summed E-state index contributed by atoms with van der Waals surface area (Å²) in [6, 6.07) is 13.8. The fourth-order valence-corrected chi connectivity index (χ4v) is 3.98. The summed E-state index contributed by atoms with van der Waals surface area (Å²) in [5.41, 5.74) is 2.61. The van der Waals surface area contributed by atoms with Gasteiger partial charge in [0.1, 0.15) is 0 Å². The Morgan fingerprint density at radius 1 is 1.12 bits per heavy atom. The smallest absolute Gasteiger partial charge is 0.287 e. The van der Waals surface area contributed by atoms with E-state index in [2.05, 4.69) is 5.32 Å². The molecule has 132 valence electrons. The topological polar surface area (TPSA) is 46.4 Å². The predicted octanol–water partition coefficient (Wildman–Crippen LogP) is 4.57. The zero-order chi connectivity index (χ0) is 17.7. The van der Waals surface area contributed by atoms with Gasteiger partial charge in [0, 0.05) is 22.8 Å². The summed E-state index contributed by atoms with van der Waals surface area (Å²) in [5.74, 6) is 1.68. The van der Waals surface area contributed by atoms with Crippen molar-refractivity contribution in [2.75, 3.05) is 0 Å². The molecule has 0 aliphatic heterocycles. The third-order valence-corrected chi connectivity index (χ3v) is 5.64. The van der Waals surface area contributed by atoms with E-state index in [1.807, 2.05) is 53.1 Å². The minimum absolute atomic E-state index is 0.0803. The molecule has 2 aliphatic carbocycles. The van der Waals surface area contributed by atoms with Gasteiger partial charge in [0.25, 0.3) is 5.91 Å². The summed E-state index contributed by atoms with van der Waals surface area (Å²) in [6.45, 7) is 0. The molecule has 1 amide bonds. The van der Waals surface area contributed by atoms with E-state index in [1.54, 1.807) is 0 Å². The Kier molecular flexibility index (Phi) is 3.75. The van der Waals surface area contributed by atoms with Crippen LogP contribution in [-0.4, -0.2) is 21.3 Å². The van der Waals surface area contributed by atoms with Gasteiger partial charge in [0.2, 0.25) is 5.82 Å². The first-order chi connectivity index (χ1) is 12.7. The minimum atomic E-state index is -0.0803. The van der Waals surface area contributed by atoms with Gasteiger partial charge in [-0.05, 0) is 61.8 Å². The van der Waals surface area contributed by atoms with Crippen molar-refractivity contribution >= 4 is 23.0 Å². The van der Waals surface area contributed by atoms with Crippen LogP contribution in [0.25, 0.3) is 16.8 Å². The Balaban J connectivity index is 1.54. The molecule has 2 aromatic heterocycles. The average molecular weight is 366 g/mol. The van der Waals surface area contributed by atoms with E-state index < -0.39 is 0 Å². The van der Waals surface area contributed by atoms with E-state index >= 15 is 0 Å². The lowest BCUT2D eigenvalue weighted by Crippen LogP contribution is -2.38. The first kappa shape index (κ1) is 15.9. The van der Waals surface area contributed by atoms with Gasteiger partial charge in [-0.1, -0.05) is 29.8 Å². The van der Waals surface area contributed by atoms with Crippen LogP contribution in [0.2, 0.25) is 5.02 Å². The number of rotatable bonds is 5. The van der Waals surface area contributed by atoms with Gasteiger partial charge in [0.05, 0.1) is 11.2 Å². The van der Waals surface area contributed by atoms with Gasteiger partial charge in [-0.3, -0.25) is 9.20 Å². The number of pyridine rings is 1. The van der Waals surface area contributed by atoms with Gasteiger partial charge >= 0.3 is 0 Å². The van der Waals surface area contributed by atoms with E-state index in [9.17, 15) is 4.79 Å². The number of benzene rings is 1. The van der Waals surface area contributed by atoms with Crippen LogP contribution < -0.4 is 5.32 Å². The number of carbonyl (C=O) groups excluding carboxylic acids is 1. The third-order valence-electron chi connectivity index (χ3n) is 5.41. The van der Waals surface area contributed by atoms with Crippen LogP contribution in [0.5, 0.6) is 0 Å². The van der Waals surface area contributed by atoms with Crippen LogP contribution in [-0.2, 0) is 0 Å². The number of nitrogens with zero attached hydrogens (tertiary/aromatic N) is 2. The Bertz CT molecular complexity index is 976. The summed E-state index contributed by atoms with van der Waals surface area (Å²) in [6.07, 6.45) is 6.83. The number of halogens is 1. The van der Waals surface area contributed by atoms with Crippen molar-refractivity contribution in [1.82, 2.24) is 14.7 Å². The van der Waals surface area contributed by atoms with Crippen LogP contribution in [0.15, 0.2) is 48.7 Å². The maximum atomic E-state index is 13.0. The number of fused-ring (bicyclic) bond motifs is 1. The Labute approximate surface area is 157 Å². The van der Waals surface area contributed by atoms with Crippen LogP contribution in [0, 0.1) is 11.8 Å². The molecule has 0 spiro atoms. The molecule has 1 N–H and O–H groups in total. The van der Waals surface area contributed by atoms with Gasteiger partial charge in [-0.2, -0.15) is 0 Å². The van der Waals surface area contributed by atoms with Crippen LogP contribution >= 0.6 is 11.6 Å². The molecule has 0 atom stereocenters. The molecule has 0 unspecified atom stereocenters. The zero-order valence-corrected chi connectivity index (χ0v) is 15.1. The lowest BCUT2D eigenvalue weighted by Gasteiger charge is -2.17. The predicted molar refractivity (Wildman–Crippen MR) is 102 cm³/mol. The minimum Gasteiger partial charge on any atom is -0.346 e. The monoisotopic (exact) mass is 365 g/mol. The Hall–Kier alpha value is -2.33. The first-order valence-electron chi connectivity index (χ1n) is 9.24. The molecule has 5 heteroatoms. The van der Waals surface area contributed by atoms with Crippen LogP contribution in [0.4, 0.5) is 0 Å². The highest BCUT2D eigenvalue weighted by atomic mass is 35.5. The highest BCUT2D eigenvalue weighted by Crippen LogP contribution is 2.44. The van der Waals surface area contributed by atoms with Crippen molar-refractivity contribution in [1.29, 1.82) is 0 Å². The molecule has 0 radical (unpaired) electrons. The average Bonchev–Trinajstić information content (AvgIpc) is 3.56. The number of hydrogen-bond acceptors (Lipinski definition) is 2. The van der Waals surface area contributed by atoms with E-state index in [0.29, 0.717) is 28.7 Å². The molecule has 2 saturated carbocycles. The zero-order valence-electron chi connectivity index (χ0n) is 14.4. The molecular formula is C21H20ClN3O. The molecule has 3 aromatic rings. The summed E-state index contributed by atoms with van der Waals surface area (Å²) in [4.78, 5) is 17.7. The van der Waals surface area contributed by atoms with E-state index in [4.69, 9.17) is 16.6 Å². The second-order valence-corrected chi connectivity index (χ2v) is 7.86. The van der Waals surface area contributed by atoms with Gasteiger partial charge < -0.3 is 5.32 Å². The van der Waals surface area contributed by atoms with E-state index in [1.165, 1.54) is 25.7 Å². The van der Waals surface area contributed by atoms with Crippen molar-refractivity contribution in [3.63, 3.8) is 0 Å². The summed E-state index contributed by atoms with van der Waals surface area (Å²) in [5, 5.41) is 3.94. The molecule has 0 saturated heterocycles. The van der Waals surface area contributed by atoms with Crippen molar-refractivity contribution in [3.05, 3.63) is 59.5 Å². The van der Waals surface area contributed by atoms with Crippen molar-refractivity contribution in [2.24, 2.45) is 11.8 Å². The second-order valence-electron chi connectivity index (χ2n) is 7.42. The third kappa shape index (κ3) is 2.88. The molecule has 5 rings (SSSR count). The molecule has 4 nitrogen and oxygen atoms in total. The fraction of sp³-hybridized carbons (Fsp3) is 0.333. The Morgan fingerprint density at radius 2 is 1.88 bits per heavy atom. The largest absolute Gasteiger partial charge is 0.346 e. The standard InChI is InChI=1S/C21H20ClN3O/c22-16-5-3-4-15(12-16)19-17-6-1-2-11-25(17)20(23-19)21(26)24-18(13-7-8-13)14-9-10-14/h1-6,11-14,18H,7-10H2,(H,24,26). The molecule has 2 fully saturated rings.